The van der Waals surface area contributed by atoms with Crippen molar-refractivity contribution in [1.29, 1.82) is 0 Å². The molecule has 1 aromatic carbocycles. The lowest BCUT2D eigenvalue weighted by atomic mass is 9.99. The normalized spacial score (nSPS) is 12.5. The van der Waals surface area contributed by atoms with Crippen LogP contribution in [-0.4, -0.2) is 12.1 Å². The number of thiophene rings is 1. The highest BCUT2D eigenvalue weighted by atomic mass is 32.1. The van der Waals surface area contributed by atoms with Gasteiger partial charge in [-0.1, -0.05) is 24.3 Å². The van der Waals surface area contributed by atoms with Gasteiger partial charge < -0.3 is 4.74 Å². The molecular weight excluding hydrogens is 270 g/mol. The predicted molar refractivity (Wildman–Crippen MR) is 81.8 cm³/mol. The van der Waals surface area contributed by atoms with Crippen molar-refractivity contribution in [3.05, 3.63) is 59.1 Å². The van der Waals surface area contributed by atoms with Crippen LogP contribution in [0.1, 0.15) is 17.2 Å². The summed E-state index contributed by atoms with van der Waals surface area (Å²) < 4.78 is 6.56. The molecular formula is C15H15N3OS. The summed E-state index contributed by atoms with van der Waals surface area (Å²) in [6, 6.07) is 12.0. The Morgan fingerprint density at radius 2 is 2.05 bits per heavy atom. The van der Waals surface area contributed by atoms with Crippen LogP contribution in [0.2, 0.25) is 0 Å². The number of hydrogen-bond acceptors (Lipinski definition) is 5. The van der Waals surface area contributed by atoms with E-state index in [-0.39, 0.29) is 6.04 Å². The van der Waals surface area contributed by atoms with Crippen molar-refractivity contribution < 1.29 is 4.74 Å². The fourth-order valence-corrected chi connectivity index (χ4v) is 3.33. The van der Waals surface area contributed by atoms with Crippen LogP contribution in [0.25, 0.3) is 10.1 Å². The summed E-state index contributed by atoms with van der Waals surface area (Å²) in [6.45, 7) is 0. The average molecular weight is 285 g/mol. The van der Waals surface area contributed by atoms with Crippen molar-refractivity contribution in [2.24, 2.45) is 5.84 Å². The number of nitrogens with one attached hydrogen (secondary N) is 1. The van der Waals surface area contributed by atoms with Gasteiger partial charge in [-0.2, -0.15) is 0 Å². The Balaban J connectivity index is 2.16. The zero-order valence-corrected chi connectivity index (χ0v) is 11.9. The number of aromatic nitrogens is 1. The van der Waals surface area contributed by atoms with Crippen molar-refractivity contribution in [3.63, 3.8) is 0 Å². The molecule has 3 rings (SSSR count). The highest BCUT2D eigenvalue weighted by Gasteiger charge is 2.20. The van der Waals surface area contributed by atoms with Crippen LogP contribution in [-0.2, 0) is 0 Å². The molecule has 2 aromatic heterocycles. The van der Waals surface area contributed by atoms with E-state index in [9.17, 15) is 0 Å². The Hall–Kier alpha value is -1.95. The molecule has 102 valence electrons. The maximum atomic E-state index is 5.79. The number of methoxy groups -OCH3 is 1. The summed E-state index contributed by atoms with van der Waals surface area (Å²) in [6.07, 6.45) is 1.71. The zero-order valence-electron chi connectivity index (χ0n) is 11.0. The standard InChI is InChI=1S/C15H15N3OS/c1-19-15-12(6-3-8-17-15)13(18-16)11-5-2-4-10-7-9-20-14(10)11/h2-9,13,18H,16H2,1H3. The number of fused-ring (bicyclic) bond motifs is 1. The van der Waals surface area contributed by atoms with Gasteiger partial charge in [-0.3, -0.25) is 5.84 Å². The minimum atomic E-state index is -0.152. The molecule has 0 bridgehead atoms. The van der Waals surface area contributed by atoms with Gasteiger partial charge in [0.2, 0.25) is 5.88 Å². The molecule has 1 unspecified atom stereocenters. The van der Waals surface area contributed by atoms with E-state index in [1.54, 1.807) is 24.6 Å². The number of hydrogen-bond donors (Lipinski definition) is 2. The van der Waals surface area contributed by atoms with Gasteiger partial charge in [0.25, 0.3) is 0 Å². The van der Waals surface area contributed by atoms with Crippen LogP contribution >= 0.6 is 11.3 Å². The maximum absolute atomic E-state index is 5.79. The second kappa shape index (κ2) is 5.58. The second-order valence-corrected chi connectivity index (χ2v) is 5.30. The molecule has 20 heavy (non-hydrogen) atoms. The van der Waals surface area contributed by atoms with Gasteiger partial charge in [-0.05, 0) is 28.5 Å². The Labute approximate surface area is 121 Å². The van der Waals surface area contributed by atoms with E-state index < -0.39 is 0 Å². The highest BCUT2D eigenvalue weighted by Crippen LogP contribution is 2.34. The van der Waals surface area contributed by atoms with E-state index >= 15 is 0 Å². The van der Waals surface area contributed by atoms with Crippen molar-refractivity contribution >= 4 is 21.4 Å². The van der Waals surface area contributed by atoms with E-state index in [4.69, 9.17) is 10.6 Å². The first-order chi connectivity index (χ1) is 9.85. The Morgan fingerprint density at radius 1 is 1.20 bits per heavy atom. The molecule has 3 aromatic rings. The van der Waals surface area contributed by atoms with Gasteiger partial charge in [0.1, 0.15) is 0 Å². The molecule has 4 nitrogen and oxygen atoms in total. The van der Waals surface area contributed by atoms with Gasteiger partial charge >= 0.3 is 0 Å². The third-order valence-electron chi connectivity index (χ3n) is 3.29. The number of nitrogens with two attached hydrogens (primary N) is 1. The minimum Gasteiger partial charge on any atom is -0.481 e. The van der Waals surface area contributed by atoms with Crippen molar-refractivity contribution in [2.75, 3.05) is 7.11 Å². The third kappa shape index (κ3) is 2.16. The quantitative estimate of drug-likeness (QED) is 0.571. The summed E-state index contributed by atoms with van der Waals surface area (Å²) in [5, 5.41) is 3.30. The summed E-state index contributed by atoms with van der Waals surface area (Å²) in [7, 11) is 1.62. The molecule has 0 radical (unpaired) electrons. The molecule has 2 heterocycles. The third-order valence-corrected chi connectivity index (χ3v) is 4.27. The molecule has 0 amide bonds. The van der Waals surface area contributed by atoms with Crippen molar-refractivity contribution in [2.45, 2.75) is 6.04 Å². The van der Waals surface area contributed by atoms with Gasteiger partial charge in [0, 0.05) is 16.5 Å². The van der Waals surface area contributed by atoms with Gasteiger partial charge in [-0.15, -0.1) is 11.3 Å². The number of nitrogens with zero attached hydrogens (tertiary/aromatic N) is 1. The maximum Gasteiger partial charge on any atom is 0.218 e. The van der Waals surface area contributed by atoms with Gasteiger partial charge in [-0.25, -0.2) is 10.4 Å². The first-order valence-electron chi connectivity index (χ1n) is 6.26. The monoisotopic (exact) mass is 285 g/mol. The topological polar surface area (TPSA) is 60.2 Å². The molecule has 0 saturated carbocycles. The van der Waals surface area contributed by atoms with Crippen LogP contribution < -0.4 is 16.0 Å². The molecule has 0 fully saturated rings. The number of pyridine rings is 1. The summed E-state index contributed by atoms with van der Waals surface area (Å²) in [5.41, 5.74) is 4.94. The number of benzene rings is 1. The minimum absolute atomic E-state index is 0.152. The van der Waals surface area contributed by atoms with Gasteiger partial charge in [0.15, 0.2) is 0 Å². The smallest absolute Gasteiger partial charge is 0.218 e. The largest absolute Gasteiger partial charge is 0.481 e. The highest BCUT2D eigenvalue weighted by molar-refractivity contribution is 7.17. The van der Waals surface area contributed by atoms with Crippen LogP contribution in [0.3, 0.4) is 0 Å². The van der Waals surface area contributed by atoms with E-state index in [1.165, 1.54) is 10.1 Å². The van der Waals surface area contributed by atoms with E-state index in [2.05, 4.69) is 34.0 Å². The predicted octanol–water partition coefficient (Wildman–Crippen LogP) is 2.86. The second-order valence-electron chi connectivity index (χ2n) is 4.39. The van der Waals surface area contributed by atoms with E-state index in [1.807, 2.05) is 18.2 Å². The molecule has 0 saturated heterocycles. The van der Waals surface area contributed by atoms with Crippen molar-refractivity contribution in [1.82, 2.24) is 10.4 Å². The van der Waals surface area contributed by atoms with E-state index in [0.29, 0.717) is 5.88 Å². The Bertz CT molecular complexity index is 726. The van der Waals surface area contributed by atoms with Crippen molar-refractivity contribution in [3.8, 4) is 5.88 Å². The summed E-state index contributed by atoms with van der Waals surface area (Å²) in [4.78, 5) is 4.24. The zero-order chi connectivity index (χ0) is 13.9. The average Bonchev–Trinajstić information content (AvgIpc) is 2.98. The lowest BCUT2D eigenvalue weighted by Crippen LogP contribution is -2.29. The summed E-state index contributed by atoms with van der Waals surface area (Å²) >= 11 is 1.71. The fraction of sp³-hybridized carbons (Fsp3) is 0.133. The van der Waals surface area contributed by atoms with Crippen LogP contribution in [0.4, 0.5) is 0 Å². The van der Waals surface area contributed by atoms with E-state index in [0.717, 1.165) is 11.1 Å². The molecule has 0 aliphatic rings. The molecule has 0 aliphatic heterocycles. The first kappa shape index (κ1) is 13.1. The van der Waals surface area contributed by atoms with Crippen LogP contribution in [0.15, 0.2) is 48.0 Å². The number of ether oxygens (including phenoxy) is 1. The SMILES string of the molecule is COc1ncccc1C(NN)c1cccc2ccsc12. The fourth-order valence-electron chi connectivity index (χ4n) is 2.38. The lowest BCUT2D eigenvalue weighted by molar-refractivity contribution is 0.387. The van der Waals surface area contributed by atoms with Crippen LogP contribution in [0, 0.1) is 0 Å². The molecule has 3 N–H and O–H groups in total. The van der Waals surface area contributed by atoms with Gasteiger partial charge in [0.05, 0.1) is 13.2 Å². The van der Waals surface area contributed by atoms with Crippen LogP contribution in [0.5, 0.6) is 5.88 Å². The first-order valence-corrected chi connectivity index (χ1v) is 7.14. The summed E-state index contributed by atoms with van der Waals surface area (Å²) in [5.74, 6) is 6.38. The number of rotatable bonds is 4. The molecule has 1 atom stereocenters. The Kier molecular flexibility index (Phi) is 3.64. The molecule has 0 aliphatic carbocycles. The lowest BCUT2D eigenvalue weighted by Gasteiger charge is -2.19. The Morgan fingerprint density at radius 3 is 2.85 bits per heavy atom. The molecule has 0 spiro atoms. The number of hydrazine groups is 1. The molecule has 5 heteroatoms.